The number of nitro benzene ring substituents is 1. The van der Waals surface area contributed by atoms with Crippen LogP contribution in [0.15, 0.2) is 83.9 Å². The van der Waals surface area contributed by atoms with Crippen molar-refractivity contribution in [2.24, 2.45) is 11.3 Å². The summed E-state index contributed by atoms with van der Waals surface area (Å²) in [6, 6.07) is 23.7. The van der Waals surface area contributed by atoms with E-state index in [0.29, 0.717) is 75.0 Å². The minimum atomic E-state index is -4.72. The van der Waals surface area contributed by atoms with Crippen LogP contribution in [0, 0.1) is 28.4 Å². The number of piperazine rings is 1. The molecule has 22 nitrogen and oxygen atoms in total. The summed E-state index contributed by atoms with van der Waals surface area (Å²) in [6.45, 7) is 13.2. The number of fused-ring (bicyclic) bond motifs is 5. The second-order valence-electron chi connectivity index (χ2n) is 26.1. The monoisotopic (exact) mass is 1230 g/mol. The quantitative estimate of drug-likeness (QED) is 0.0766. The Balaban J connectivity index is 0.688. The number of anilines is 5. The zero-order chi connectivity index (χ0) is 60.7. The van der Waals surface area contributed by atoms with E-state index in [1.54, 1.807) is 13.2 Å². The number of nitrogens with zero attached hydrogens (tertiary/aromatic N) is 8. The van der Waals surface area contributed by atoms with Crippen LogP contribution in [0.5, 0.6) is 17.4 Å². The van der Waals surface area contributed by atoms with Gasteiger partial charge in [0, 0.05) is 112 Å². The van der Waals surface area contributed by atoms with E-state index in [0.717, 1.165) is 126 Å². The van der Waals surface area contributed by atoms with Crippen LogP contribution in [-0.4, -0.2) is 167 Å². The fourth-order valence-electron chi connectivity index (χ4n) is 16.2. The number of piperidine rings is 1. The largest absolute Gasteiger partial charge is 0.493 e. The van der Waals surface area contributed by atoms with Gasteiger partial charge in [0.25, 0.3) is 21.6 Å². The molecule has 0 bridgehead atoms. The maximum absolute atomic E-state index is 15.0. The molecule has 10 heterocycles. The lowest BCUT2D eigenvalue weighted by Gasteiger charge is -2.59. The molecule has 3 aromatic heterocycles. The minimum Gasteiger partial charge on any atom is -0.493 e. The van der Waals surface area contributed by atoms with Crippen LogP contribution in [-0.2, 0) is 30.7 Å². The van der Waals surface area contributed by atoms with E-state index in [-0.39, 0.29) is 65.1 Å². The van der Waals surface area contributed by atoms with Gasteiger partial charge in [-0.2, -0.15) is 4.98 Å². The van der Waals surface area contributed by atoms with Crippen molar-refractivity contribution in [3.8, 4) is 17.4 Å². The third kappa shape index (κ3) is 10.7. The Hall–Kier alpha value is -7.28. The van der Waals surface area contributed by atoms with Gasteiger partial charge in [-0.25, -0.2) is 18.1 Å². The molecule has 23 heteroatoms. The number of hydrogen-bond donors (Lipinski definition) is 3. The Morgan fingerprint density at radius 3 is 2.48 bits per heavy atom. The fourth-order valence-corrected chi connectivity index (χ4v) is 17.2. The Morgan fingerprint density at radius 2 is 1.67 bits per heavy atom. The van der Waals surface area contributed by atoms with Crippen molar-refractivity contribution in [2.45, 2.75) is 125 Å². The fraction of sp³-hybridized carbons (Fsp3) is 0.530. The zero-order valence-electron chi connectivity index (χ0n) is 50.9. The van der Waals surface area contributed by atoms with Crippen molar-refractivity contribution in [3.05, 3.63) is 117 Å². The number of aryl methyl sites for hydroxylation is 2. The molecule has 470 valence electrons. The number of carbonyl (C=O) groups is 1. The highest BCUT2D eigenvalue weighted by atomic mass is 32.2. The first kappa shape index (κ1) is 58.1. The second-order valence-corrected chi connectivity index (χ2v) is 27.8. The number of amides is 1. The molecule has 9 aliphatic rings. The van der Waals surface area contributed by atoms with Crippen molar-refractivity contribution in [2.75, 3.05) is 113 Å². The maximum atomic E-state index is 15.0. The summed E-state index contributed by atoms with van der Waals surface area (Å²) < 4.78 is 67.5. The molecule has 6 fully saturated rings. The van der Waals surface area contributed by atoms with Crippen LogP contribution >= 0.6 is 0 Å². The third-order valence-electron chi connectivity index (χ3n) is 21.1. The number of pyridine rings is 2. The first-order valence-corrected chi connectivity index (χ1v) is 33.5. The van der Waals surface area contributed by atoms with E-state index in [1.165, 1.54) is 28.5 Å². The molecule has 15 rings (SSSR count). The first-order chi connectivity index (χ1) is 43.3. The van der Waals surface area contributed by atoms with E-state index in [4.69, 9.17) is 38.4 Å². The lowest BCUT2D eigenvalue weighted by Crippen LogP contribution is -2.60. The van der Waals surface area contributed by atoms with Crippen LogP contribution in [0.25, 0.3) is 11.0 Å². The average Bonchev–Trinajstić information content (AvgIpc) is 1.34. The van der Waals surface area contributed by atoms with Gasteiger partial charge in [-0.3, -0.25) is 24.7 Å². The lowest BCUT2D eigenvalue weighted by atomic mass is 9.59. The van der Waals surface area contributed by atoms with Gasteiger partial charge in [0.05, 0.1) is 66.1 Å². The first-order valence-electron chi connectivity index (χ1n) is 32.0. The predicted molar refractivity (Wildman–Crippen MR) is 336 cm³/mol. The number of aromatic amines is 1. The summed E-state index contributed by atoms with van der Waals surface area (Å²) in [4.78, 5) is 52.5. The molecule has 6 atom stereocenters. The molecule has 2 aliphatic carbocycles. The predicted octanol–water partition coefficient (Wildman–Crippen LogP) is 9.00. The Labute approximate surface area is 518 Å². The highest BCUT2D eigenvalue weighted by Crippen LogP contribution is 2.55. The van der Waals surface area contributed by atoms with Gasteiger partial charge in [0.1, 0.15) is 24.0 Å². The Kier molecular flexibility index (Phi) is 15.4. The van der Waals surface area contributed by atoms with Crippen LogP contribution in [0.4, 0.5) is 34.3 Å². The summed E-state index contributed by atoms with van der Waals surface area (Å²) in [5.74, 6) is 1.44. The highest BCUT2D eigenvalue weighted by molar-refractivity contribution is 7.90. The summed E-state index contributed by atoms with van der Waals surface area (Å²) in [7, 11) is -2.95. The van der Waals surface area contributed by atoms with E-state index in [2.05, 4.69) is 83.7 Å². The Morgan fingerprint density at radius 1 is 0.854 bits per heavy atom. The number of hydrogen-bond acceptors (Lipinski definition) is 19. The van der Waals surface area contributed by atoms with Gasteiger partial charge in [-0.15, -0.1) is 0 Å². The average molecular weight is 1230 g/mol. The zero-order valence-corrected chi connectivity index (χ0v) is 51.7. The number of methoxy groups -OCH3 is 1. The van der Waals surface area contributed by atoms with Crippen molar-refractivity contribution >= 4 is 61.2 Å². The number of morpholine rings is 1. The Bertz CT molecular complexity index is 3810. The van der Waals surface area contributed by atoms with E-state index < -0.39 is 37.5 Å². The van der Waals surface area contributed by atoms with Crippen molar-refractivity contribution in [1.82, 2.24) is 29.5 Å². The molecule has 3 aromatic carbocycles. The number of ether oxygens (including phenoxy) is 6. The summed E-state index contributed by atoms with van der Waals surface area (Å²) >= 11 is 0. The molecule has 7 aliphatic heterocycles. The number of carbonyl (C=O) groups excluding carboxylic acids is 1. The molecule has 0 unspecified atom stereocenters. The van der Waals surface area contributed by atoms with Crippen LogP contribution in [0.3, 0.4) is 0 Å². The maximum Gasteiger partial charge on any atom is 0.297 e. The SMILES string of the molecule is COc1cc2c(nc1N1CCOC[C@@H]1C)CCC[C@@H]2N1CCN(C2CC3(CCN(c4ccc(C(=O)NS(=O)(=O)c5cc6c(c([N+](=O)[O-])c5)N[C@H](C5CCOCC5)CO6)c(N5c6cc7cc[nH]c7nc6O[C@H]6COCC[C@@H]65)c4)CC3)C2)[C@H](c2ccccc2C)C1. The number of nitrogens with one attached hydrogen (secondary N) is 3. The second kappa shape index (κ2) is 23.5. The van der Waals surface area contributed by atoms with Crippen molar-refractivity contribution in [3.63, 3.8) is 0 Å². The number of rotatable bonds is 12. The van der Waals surface area contributed by atoms with E-state index >= 15 is 4.79 Å². The van der Waals surface area contributed by atoms with Gasteiger partial charge < -0.3 is 53.4 Å². The van der Waals surface area contributed by atoms with E-state index in [1.807, 2.05) is 30.5 Å². The summed E-state index contributed by atoms with van der Waals surface area (Å²) in [5.41, 5.74) is 7.85. The molecular formula is C66H79N11O11S. The van der Waals surface area contributed by atoms with Gasteiger partial charge >= 0.3 is 0 Å². The number of sulfonamides is 1. The number of H-pyrrole nitrogens is 1. The van der Waals surface area contributed by atoms with E-state index in [9.17, 15) is 18.5 Å². The normalized spacial score (nSPS) is 25.8. The molecule has 89 heavy (non-hydrogen) atoms. The van der Waals surface area contributed by atoms with Crippen molar-refractivity contribution in [1.29, 1.82) is 0 Å². The summed E-state index contributed by atoms with van der Waals surface area (Å²) in [5, 5.41) is 16.8. The van der Waals surface area contributed by atoms with Crippen LogP contribution in [0.1, 0.15) is 110 Å². The molecule has 5 saturated heterocycles. The minimum absolute atomic E-state index is 0.0274. The van der Waals surface area contributed by atoms with Gasteiger partial charge in [0.2, 0.25) is 5.88 Å². The molecule has 0 radical (unpaired) electrons. The van der Waals surface area contributed by atoms with Gasteiger partial charge in [-0.1, -0.05) is 24.3 Å². The summed E-state index contributed by atoms with van der Waals surface area (Å²) in [6.07, 6.45) is 10.9. The van der Waals surface area contributed by atoms with Crippen molar-refractivity contribution < 1.29 is 46.6 Å². The molecule has 1 amide bonds. The standard InChI is InChI=1S/C66H79N11O11S/c1-40-7-4-5-8-47(40)57-36-73(52-10-6-9-50-49(52)33-59(83-3)63(69-50)74-24-28-86-37-41(74)2)22-23-75(57)45-34-66(35-45)17-20-72(21-18-66)44-11-12-48(54(30-44)76-53-16-27-85-39-60(53)88-65-56(76)29-43-13-19-67-62(43)70-65)64(78)71-89(81,82)46-31-55(77(79)80)61-58(32-46)87-38-51(68-61)42-14-25-84-26-15-42/h4-5,7-8,11-13,19,29-33,41-42,45,51-53,57,60,68H,6,9-10,14-18,20-28,34-39H2,1-3H3,(H,67,70)(H,71,78)/t41-,51-,52-,53-,57-,60-/m0/s1. The molecule has 1 spiro atoms. The lowest BCUT2D eigenvalue weighted by molar-refractivity contribution is -0.384. The van der Waals surface area contributed by atoms with Crippen LogP contribution < -0.4 is 38.9 Å². The van der Waals surface area contributed by atoms with Crippen LogP contribution in [0.2, 0.25) is 0 Å². The highest BCUT2D eigenvalue weighted by Gasteiger charge is 2.51. The number of nitro groups is 1. The molecule has 1 saturated carbocycles. The molecule has 3 N–H and O–H groups in total. The third-order valence-corrected chi connectivity index (χ3v) is 22.4. The number of aromatic nitrogens is 3. The molecule has 6 aromatic rings. The number of benzene rings is 3. The van der Waals surface area contributed by atoms with Gasteiger partial charge in [0.15, 0.2) is 23.0 Å². The smallest absolute Gasteiger partial charge is 0.297 e. The molecular weight excluding hydrogens is 1150 g/mol. The van der Waals surface area contributed by atoms with Gasteiger partial charge in [-0.05, 0) is 142 Å². The topological polar surface area (TPSA) is 232 Å².